The maximum absolute atomic E-state index is 12.4. The van der Waals surface area contributed by atoms with E-state index in [0.717, 1.165) is 44.5 Å². The van der Waals surface area contributed by atoms with Gasteiger partial charge in [0.2, 0.25) is 5.91 Å². The van der Waals surface area contributed by atoms with Gasteiger partial charge >= 0.3 is 5.97 Å². The average molecular weight is 485 g/mol. The Morgan fingerprint density at radius 3 is 2.38 bits per heavy atom. The maximum atomic E-state index is 12.4. The number of likely N-dealkylation sites (N-methyl/N-ethyl adjacent to an activating group) is 1. The third-order valence-corrected chi connectivity index (χ3v) is 5.89. The zero-order chi connectivity index (χ0) is 23.5. The number of nitrogens with one attached hydrogen (secondary N) is 2. The van der Waals surface area contributed by atoms with E-state index in [0.29, 0.717) is 19.4 Å². The largest absolute Gasteiger partial charge is 0.480 e. The highest BCUT2D eigenvalue weighted by atomic mass is 35.5. The lowest BCUT2D eigenvalue weighted by Crippen LogP contribution is -2.44. The molecule has 8 nitrogen and oxygen atoms in total. The zero-order valence-electron chi connectivity index (χ0n) is 18.2. The molecule has 0 unspecified atom stereocenters. The van der Waals surface area contributed by atoms with E-state index in [1.54, 1.807) is 18.0 Å². The van der Waals surface area contributed by atoms with Crippen LogP contribution in [0, 0.1) is 0 Å². The standard InChI is InChI=1S/C22H30Cl2N4O4/c1-28-14-18(26-13-19(28)29)25-12-7-5-3-2-4-6-11-17(22(31)32)27-21(30)20-15(23)9-8-10-16(20)24/h8-10,17H,2-7,11-14H2,1H3,(H,25,26)(H,27,30)(H,31,32)/t17-/m1/s1. The number of carbonyl (C=O) groups excluding carboxylic acids is 2. The molecule has 0 fully saturated rings. The van der Waals surface area contributed by atoms with Crippen molar-refractivity contribution in [2.24, 2.45) is 4.99 Å². The summed E-state index contributed by atoms with van der Waals surface area (Å²) in [6.45, 7) is 1.56. The van der Waals surface area contributed by atoms with Crippen LogP contribution in [0.5, 0.6) is 0 Å². The van der Waals surface area contributed by atoms with Gasteiger partial charge in [-0.1, -0.05) is 61.4 Å². The lowest BCUT2D eigenvalue weighted by Gasteiger charge is -2.22. The fourth-order valence-corrected chi connectivity index (χ4v) is 3.94. The number of amides is 2. The molecule has 3 N–H and O–H groups in total. The van der Waals surface area contributed by atoms with Gasteiger partial charge in [-0.2, -0.15) is 0 Å². The maximum Gasteiger partial charge on any atom is 0.326 e. The van der Waals surface area contributed by atoms with Crippen LogP contribution in [0.15, 0.2) is 23.2 Å². The van der Waals surface area contributed by atoms with Crippen molar-refractivity contribution < 1.29 is 19.5 Å². The molecule has 1 aliphatic heterocycles. The molecule has 0 aliphatic carbocycles. The molecular formula is C22H30Cl2N4O4. The van der Waals surface area contributed by atoms with Crippen molar-refractivity contribution in [3.8, 4) is 0 Å². The van der Waals surface area contributed by atoms with Crippen LogP contribution in [-0.4, -0.2) is 66.3 Å². The molecule has 0 saturated heterocycles. The van der Waals surface area contributed by atoms with Crippen LogP contribution in [0.1, 0.15) is 55.3 Å². The van der Waals surface area contributed by atoms with Crippen molar-refractivity contribution in [1.29, 1.82) is 0 Å². The molecule has 2 amide bonds. The van der Waals surface area contributed by atoms with Crippen LogP contribution < -0.4 is 10.6 Å². The number of rotatable bonds is 12. The van der Waals surface area contributed by atoms with Crippen molar-refractivity contribution in [3.05, 3.63) is 33.8 Å². The number of hydrogen-bond acceptors (Lipinski definition) is 5. The number of nitrogens with zero attached hydrogens (tertiary/aromatic N) is 2. The Balaban J connectivity index is 1.60. The normalized spacial score (nSPS) is 14.7. The van der Waals surface area contributed by atoms with Crippen molar-refractivity contribution in [3.63, 3.8) is 0 Å². The summed E-state index contributed by atoms with van der Waals surface area (Å²) in [6, 6.07) is 3.71. The van der Waals surface area contributed by atoms with Crippen molar-refractivity contribution in [1.82, 2.24) is 15.5 Å². The molecule has 1 heterocycles. The van der Waals surface area contributed by atoms with E-state index in [1.807, 2.05) is 0 Å². The average Bonchev–Trinajstić information content (AvgIpc) is 2.73. The van der Waals surface area contributed by atoms with Crippen molar-refractivity contribution in [2.45, 2.75) is 51.0 Å². The second kappa shape index (κ2) is 13.3. The summed E-state index contributed by atoms with van der Waals surface area (Å²) in [5.74, 6) is -0.774. The quantitative estimate of drug-likeness (QED) is 0.393. The first kappa shape index (κ1) is 25.9. The SMILES string of the molecule is CN1CC(NCCCCCCCC[C@@H](NC(=O)c2c(Cl)cccc2Cl)C(=O)O)=NCC1=O. The Morgan fingerprint density at radius 2 is 1.75 bits per heavy atom. The fourth-order valence-electron chi connectivity index (χ4n) is 3.37. The third-order valence-electron chi connectivity index (χ3n) is 5.26. The number of unbranched alkanes of at least 4 members (excludes halogenated alkanes) is 5. The number of aliphatic carboxylic acids is 1. The number of carboxylic acids is 1. The molecule has 0 saturated carbocycles. The van der Waals surface area contributed by atoms with E-state index in [1.165, 1.54) is 12.1 Å². The first-order valence-electron chi connectivity index (χ1n) is 10.8. The van der Waals surface area contributed by atoms with Crippen LogP contribution in [0.25, 0.3) is 0 Å². The number of aliphatic imine (C=N–C) groups is 1. The lowest BCUT2D eigenvalue weighted by atomic mass is 10.0. The smallest absolute Gasteiger partial charge is 0.326 e. The molecular weight excluding hydrogens is 455 g/mol. The molecule has 176 valence electrons. The van der Waals surface area contributed by atoms with E-state index in [-0.39, 0.29) is 28.1 Å². The summed E-state index contributed by atoms with van der Waals surface area (Å²) in [5.41, 5.74) is 0.0909. The minimum Gasteiger partial charge on any atom is -0.480 e. The monoisotopic (exact) mass is 484 g/mol. The Kier molecular flexibility index (Phi) is 10.8. The highest BCUT2D eigenvalue weighted by Crippen LogP contribution is 2.24. The number of carboxylic acid groups (broad SMARTS) is 1. The second-order valence-corrected chi connectivity index (χ2v) is 8.62. The minimum absolute atomic E-state index is 0.0351. The van der Waals surface area contributed by atoms with Crippen LogP contribution in [-0.2, 0) is 9.59 Å². The molecule has 0 aromatic heterocycles. The predicted molar refractivity (Wildman–Crippen MR) is 126 cm³/mol. The van der Waals surface area contributed by atoms with Gasteiger partial charge in [0.1, 0.15) is 18.4 Å². The minimum atomic E-state index is -1.08. The van der Waals surface area contributed by atoms with Crippen molar-refractivity contribution in [2.75, 3.05) is 26.7 Å². The highest BCUT2D eigenvalue weighted by molar-refractivity contribution is 6.39. The fraction of sp³-hybridized carbons (Fsp3) is 0.545. The second-order valence-electron chi connectivity index (χ2n) is 7.81. The van der Waals surface area contributed by atoms with E-state index >= 15 is 0 Å². The molecule has 0 spiro atoms. The summed E-state index contributed by atoms with van der Waals surface area (Å²) < 4.78 is 0. The third kappa shape index (κ3) is 8.31. The van der Waals surface area contributed by atoms with E-state index in [2.05, 4.69) is 15.6 Å². The number of halogens is 2. The number of hydrogen-bond donors (Lipinski definition) is 3. The Morgan fingerprint density at radius 1 is 1.12 bits per heavy atom. The first-order chi connectivity index (χ1) is 15.3. The number of carbonyl (C=O) groups is 3. The first-order valence-corrected chi connectivity index (χ1v) is 11.5. The van der Waals surface area contributed by atoms with Gasteiger partial charge in [-0.15, -0.1) is 0 Å². The lowest BCUT2D eigenvalue weighted by molar-refractivity contribution is -0.139. The van der Waals surface area contributed by atoms with Gasteiger partial charge < -0.3 is 20.6 Å². The highest BCUT2D eigenvalue weighted by Gasteiger charge is 2.23. The van der Waals surface area contributed by atoms with Gasteiger partial charge in [0.15, 0.2) is 0 Å². The van der Waals surface area contributed by atoms with E-state index in [4.69, 9.17) is 23.2 Å². The van der Waals surface area contributed by atoms with Gasteiger partial charge in [0, 0.05) is 13.6 Å². The Bertz CT molecular complexity index is 827. The van der Waals surface area contributed by atoms with Gasteiger partial charge in [0.05, 0.1) is 22.2 Å². The molecule has 1 aromatic carbocycles. The molecule has 1 aromatic rings. The van der Waals surface area contributed by atoms with Crippen LogP contribution in [0.2, 0.25) is 10.0 Å². The van der Waals surface area contributed by atoms with Crippen molar-refractivity contribution >= 4 is 46.8 Å². The zero-order valence-corrected chi connectivity index (χ0v) is 19.7. The molecule has 0 bridgehead atoms. The molecule has 1 aliphatic rings. The summed E-state index contributed by atoms with van der Waals surface area (Å²) in [6.07, 6.45) is 6.03. The predicted octanol–water partition coefficient (Wildman–Crippen LogP) is 3.37. The van der Waals surface area contributed by atoms with Gasteiger partial charge in [0.25, 0.3) is 5.91 Å². The summed E-state index contributed by atoms with van der Waals surface area (Å²) in [7, 11) is 1.77. The van der Waals surface area contributed by atoms with Gasteiger partial charge in [-0.25, -0.2) is 4.79 Å². The van der Waals surface area contributed by atoms with E-state index < -0.39 is 17.9 Å². The molecule has 10 heteroatoms. The summed E-state index contributed by atoms with van der Waals surface area (Å²) >= 11 is 12.0. The van der Waals surface area contributed by atoms with Crippen LogP contribution in [0.4, 0.5) is 0 Å². The molecule has 0 radical (unpaired) electrons. The van der Waals surface area contributed by atoms with Crippen LogP contribution >= 0.6 is 23.2 Å². The molecule has 2 rings (SSSR count). The van der Waals surface area contributed by atoms with Gasteiger partial charge in [-0.05, 0) is 25.0 Å². The van der Waals surface area contributed by atoms with E-state index in [9.17, 15) is 19.5 Å². The molecule has 1 atom stereocenters. The number of benzene rings is 1. The Labute approximate surface area is 198 Å². The summed E-state index contributed by atoms with van der Waals surface area (Å²) in [4.78, 5) is 41.2. The Hall–Kier alpha value is -2.32. The summed E-state index contributed by atoms with van der Waals surface area (Å²) in [5, 5.41) is 15.6. The number of amidine groups is 1. The topological polar surface area (TPSA) is 111 Å². The van der Waals surface area contributed by atoms with Crippen LogP contribution in [0.3, 0.4) is 0 Å². The van der Waals surface area contributed by atoms with Gasteiger partial charge in [-0.3, -0.25) is 14.6 Å². The molecule has 32 heavy (non-hydrogen) atoms.